The second kappa shape index (κ2) is 5.78. The fraction of sp³-hybridized carbons (Fsp3) is 0.529. The number of nitrogens with one attached hydrogen (secondary N) is 1. The molecule has 2 aliphatic rings. The summed E-state index contributed by atoms with van der Waals surface area (Å²) in [6.45, 7) is 4.81. The van der Waals surface area contributed by atoms with Crippen LogP contribution in [-0.2, 0) is 0 Å². The Kier molecular flexibility index (Phi) is 2.93. The standard InChI is InChI=1S/C17H23NO2/c1-12-9-14(11-18-12)13-7-8-16(19-2)17(10-13)20-15-5-3-4-6-15/h7-8,10,14-15,18H,1,3-6,9,11H2,2H3/i2D3. The second-order valence-electron chi connectivity index (χ2n) is 5.72. The molecule has 1 aliphatic carbocycles. The first-order valence-corrected chi connectivity index (χ1v) is 7.32. The van der Waals surface area contributed by atoms with E-state index in [0.29, 0.717) is 17.4 Å². The summed E-state index contributed by atoms with van der Waals surface area (Å²) >= 11 is 0. The van der Waals surface area contributed by atoms with Crippen LogP contribution in [0.2, 0.25) is 0 Å². The first kappa shape index (κ1) is 10.1. The van der Waals surface area contributed by atoms with Crippen LogP contribution in [0.25, 0.3) is 0 Å². The largest absolute Gasteiger partial charge is 0.493 e. The molecule has 108 valence electrons. The van der Waals surface area contributed by atoms with E-state index >= 15 is 0 Å². The second-order valence-corrected chi connectivity index (χ2v) is 5.72. The van der Waals surface area contributed by atoms with E-state index in [1.54, 1.807) is 6.07 Å². The quantitative estimate of drug-likeness (QED) is 0.911. The number of methoxy groups -OCH3 is 1. The van der Waals surface area contributed by atoms with Crippen LogP contribution in [0, 0.1) is 0 Å². The lowest BCUT2D eigenvalue weighted by atomic mass is 9.97. The highest BCUT2D eigenvalue weighted by molar-refractivity contribution is 5.45. The van der Waals surface area contributed by atoms with Crippen LogP contribution in [0.15, 0.2) is 30.5 Å². The molecule has 20 heavy (non-hydrogen) atoms. The monoisotopic (exact) mass is 276 g/mol. The Labute approximate surface area is 125 Å². The molecule has 1 saturated heterocycles. The summed E-state index contributed by atoms with van der Waals surface area (Å²) in [6.07, 6.45) is 5.39. The smallest absolute Gasteiger partial charge is 0.161 e. The number of benzene rings is 1. The Bertz CT molecular complexity index is 580. The van der Waals surface area contributed by atoms with E-state index in [4.69, 9.17) is 13.6 Å². The van der Waals surface area contributed by atoms with Crippen molar-refractivity contribution in [1.82, 2.24) is 5.32 Å². The van der Waals surface area contributed by atoms with E-state index < -0.39 is 7.04 Å². The van der Waals surface area contributed by atoms with Gasteiger partial charge in [-0.1, -0.05) is 12.6 Å². The van der Waals surface area contributed by atoms with E-state index in [9.17, 15) is 0 Å². The molecule has 0 aromatic heterocycles. The molecule has 1 aromatic carbocycles. The van der Waals surface area contributed by atoms with Crippen molar-refractivity contribution in [3.8, 4) is 11.5 Å². The van der Waals surface area contributed by atoms with Gasteiger partial charge in [-0.3, -0.25) is 0 Å². The lowest BCUT2D eigenvalue weighted by Crippen LogP contribution is -2.12. The molecule has 1 saturated carbocycles. The highest BCUT2D eigenvalue weighted by Gasteiger charge is 2.22. The summed E-state index contributed by atoms with van der Waals surface area (Å²) in [6, 6.07) is 5.57. The van der Waals surface area contributed by atoms with Gasteiger partial charge in [-0.15, -0.1) is 0 Å². The lowest BCUT2D eigenvalue weighted by molar-refractivity contribution is 0.200. The molecule has 2 fully saturated rings. The van der Waals surface area contributed by atoms with Crippen LogP contribution in [0.4, 0.5) is 0 Å². The van der Waals surface area contributed by atoms with Gasteiger partial charge >= 0.3 is 0 Å². The van der Waals surface area contributed by atoms with Crippen molar-refractivity contribution in [2.45, 2.75) is 44.1 Å². The molecule has 1 aromatic rings. The van der Waals surface area contributed by atoms with Crippen LogP contribution >= 0.6 is 0 Å². The predicted octanol–water partition coefficient (Wildman–Crippen LogP) is 3.61. The molecule has 3 rings (SSSR count). The Morgan fingerprint density at radius 3 is 2.85 bits per heavy atom. The van der Waals surface area contributed by atoms with E-state index in [1.165, 1.54) is 0 Å². The first-order chi connectivity index (χ1) is 10.9. The van der Waals surface area contributed by atoms with Gasteiger partial charge in [0.05, 0.1) is 17.3 Å². The third-order valence-electron chi connectivity index (χ3n) is 4.24. The van der Waals surface area contributed by atoms with Gasteiger partial charge in [-0.25, -0.2) is 0 Å². The molecule has 0 bridgehead atoms. The molecule has 1 aliphatic heterocycles. The Morgan fingerprint density at radius 2 is 2.15 bits per heavy atom. The highest BCUT2D eigenvalue weighted by Crippen LogP contribution is 2.36. The molecule has 0 spiro atoms. The van der Waals surface area contributed by atoms with Gasteiger partial charge in [0.1, 0.15) is 0 Å². The Morgan fingerprint density at radius 1 is 1.30 bits per heavy atom. The topological polar surface area (TPSA) is 30.5 Å². The zero-order valence-corrected chi connectivity index (χ0v) is 11.7. The van der Waals surface area contributed by atoms with Gasteiger partial charge in [0, 0.05) is 18.2 Å². The van der Waals surface area contributed by atoms with Gasteiger partial charge in [0.25, 0.3) is 0 Å². The van der Waals surface area contributed by atoms with Crippen molar-refractivity contribution in [2.75, 3.05) is 13.6 Å². The number of rotatable bonds is 4. The van der Waals surface area contributed by atoms with E-state index in [-0.39, 0.29) is 6.10 Å². The minimum atomic E-state index is -2.47. The normalized spacial score (nSPS) is 25.7. The molecule has 1 unspecified atom stereocenters. The highest BCUT2D eigenvalue weighted by atomic mass is 16.5. The Balaban J connectivity index is 1.84. The van der Waals surface area contributed by atoms with Crippen molar-refractivity contribution >= 4 is 0 Å². The average Bonchev–Trinajstić information content (AvgIpc) is 3.11. The first-order valence-electron chi connectivity index (χ1n) is 8.82. The minimum absolute atomic E-state index is 0.154. The van der Waals surface area contributed by atoms with Crippen molar-refractivity contribution in [3.63, 3.8) is 0 Å². The lowest BCUT2D eigenvalue weighted by Gasteiger charge is -2.18. The molecule has 3 heteroatoms. The summed E-state index contributed by atoms with van der Waals surface area (Å²) in [5.41, 5.74) is 2.16. The molecule has 1 N–H and O–H groups in total. The van der Waals surface area contributed by atoms with Crippen molar-refractivity contribution in [3.05, 3.63) is 36.0 Å². The molecule has 0 radical (unpaired) electrons. The minimum Gasteiger partial charge on any atom is -0.493 e. The Hall–Kier alpha value is -1.64. The molecular weight excluding hydrogens is 250 g/mol. The number of hydrogen-bond donors (Lipinski definition) is 1. The van der Waals surface area contributed by atoms with Gasteiger partial charge in [0.15, 0.2) is 11.5 Å². The SMILES string of the molecule is [2H]C([2H])([2H])Oc1ccc(C2CNC(=C)C2)cc1OC1CCCC1. The summed E-state index contributed by atoms with van der Waals surface area (Å²) < 4.78 is 33.2. The number of ether oxygens (including phenoxy) is 2. The van der Waals surface area contributed by atoms with Crippen molar-refractivity contribution in [2.24, 2.45) is 0 Å². The van der Waals surface area contributed by atoms with Crippen LogP contribution in [-0.4, -0.2) is 19.7 Å². The fourth-order valence-electron chi connectivity index (χ4n) is 3.09. The van der Waals surface area contributed by atoms with Crippen LogP contribution in [0.3, 0.4) is 0 Å². The number of allylic oxidation sites excluding steroid dienone is 1. The van der Waals surface area contributed by atoms with E-state index in [2.05, 4.69) is 11.9 Å². The zero-order valence-electron chi connectivity index (χ0n) is 14.7. The van der Waals surface area contributed by atoms with Gasteiger partial charge in [-0.2, -0.15) is 0 Å². The van der Waals surface area contributed by atoms with Gasteiger partial charge in [-0.05, 0) is 49.8 Å². The maximum Gasteiger partial charge on any atom is 0.161 e. The molecule has 3 nitrogen and oxygen atoms in total. The van der Waals surface area contributed by atoms with Gasteiger partial charge < -0.3 is 14.8 Å². The van der Waals surface area contributed by atoms with Gasteiger partial charge in [0.2, 0.25) is 0 Å². The molecule has 1 heterocycles. The summed E-state index contributed by atoms with van der Waals surface area (Å²) in [7, 11) is -2.47. The fourth-order valence-corrected chi connectivity index (χ4v) is 3.09. The van der Waals surface area contributed by atoms with Crippen molar-refractivity contribution in [1.29, 1.82) is 0 Å². The summed E-state index contributed by atoms with van der Waals surface area (Å²) in [5, 5.41) is 3.26. The summed E-state index contributed by atoms with van der Waals surface area (Å²) in [4.78, 5) is 0. The van der Waals surface area contributed by atoms with E-state index in [1.807, 2.05) is 12.1 Å². The van der Waals surface area contributed by atoms with Crippen LogP contribution in [0.1, 0.15) is 47.7 Å². The zero-order chi connectivity index (χ0) is 16.4. The molecular formula is C17H23NO2. The third-order valence-corrected chi connectivity index (χ3v) is 4.24. The molecule has 1 atom stereocenters. The van der Waals surface area contributed by atoms with E-state index in [0.717, 1.165) is 49.9 Å². The third kappa shape index (κ3) is 2.77. The summed E-state index contributed by atoms with van der Waals surface area (Å²) in [5.74, 6) is 1.18. The maximum absolute atomic E-state index is 7.33. The average molecular weight is 276 g/mol. The van der Waals surface area contributed by atoms with Crippen LogP contribution < -0.4 is 14.8 Å². The molecule has 0 amide bonds. The number of hydrogen-bond acceptors (Lipinski definition) is 3. The maximum atomic E-state index is 7.33. The van der Waals surface area contributed by atoms with Crippen LogP contribution in [0.5, 0.6) is 11.5 Å². The van der Waals surface area contributed by atoms with Crippen molar-refractivity contribution < 1.29 is 13.6 Å². The predicted molar refractivity (Wildman–Crippen MR) is 80.4 cm³/mol.